The minimum atomic E-state index is -0.500. The summed E-state index contributed by atoms with van der Waals surface area (Å²) in [7, 11) is 0. The molecule has 17 heavy (non-hydrogen) atoms. The molecule has 1 fully saturated rings. The fourth-order valence-corrected chi connectivity index (χ4v) is 3.49. The van der Waals surface area contributed by atoms with Gasteiger partial charge in [0.1, 0.15) is 11.9 Å². The van der Waals surface area contributed by atoms with Crippen molar-refractivity contribution in [3.8, 4) is 5.75 Å². The second kappa shape index (κ2) is 4.34. The zero-order valence-corrected chi connectivity index (χ0v) is 10.8. The molecule has 0 bridgehead atoms. The molecule has 1 aromatic rings. The van der Waals surface area contributed by atoms with Gasteiger partial charge >= 0.3 is 0 Å². The van der Waals surface area contributed by atoms with Crippen LogP contribution >= 0.6 is 23.2 Å². The lowest BCUT2D eigenvalue weighted by Gasteiger charge is -2.40. The number of fused-ring (bicyclic) bond motifs is 2. The number of benzene rings is 1. The summed E-state index contributed by atoms with van der Waals surface area (Å²) in [5.74, 6) is 0.803. The van der Waals surface area contributed by atoms with Gasteiger partial charge in [0.05, 0.1) is 11.1 Å². The first-order valence-corrected chi connectivity index (χ1v) is 6.76. The molecule has 4 heteroatoms. The van der Waals surface area contributed by atoms with Crippen LogP contribution < -0.4 is 4.74 Å². The third-order valence-corrected chi connectivity index (χ3v) is 4.28. The molecular weight excluding hydrogens is 259 g/mol. The average Bonchev–Trinajstić information content (AvgIpc) is 2.31. The number of rotatable bonds is 0. The fourth-order valence-electron chi connectivity index (χ4n) is 2.94. The topological polar surface area (TPSA) is 29.5 Å². The van der Waals surface area contributed by atoms with E-state index < -0.39 is 6.10 Å². The molecule has 3 atom stereocenters. The number of hydrogen-bond donors (Lipinski definition) is 1. The number of halogens is 2. The third kappa shape index (κ3) is 1.92. The molecule has 92 valence electrons. The second-order valence-electron chi connectivity index (χ2n) is 4.86. The summed E-state index contributed by atoms with van der Waals surface area (Å²) in [5.41, 5.74) is 0.741. The van der Waals surface area contributed by atoms with Gasteiger partial charge in [0, 0.05) is 16.5 Å². The van der Waals surface area contributed by atoms with Crippen LogP contribution in [0.15, 0.2) is 12.1 Å². The molecule has 0 amide bonds. The number of hydrogen-bond acceptors (Lipinski definition) is 2. The largest absolute Gasteiger partial charge is 0.488 e. The number of aliphatic hydroxyl groups excluding tert-OH is 1. The van der Waals surface area contributed by atoms with Crippen LogP contribution in [0.5, 0.6) is 5.75 Å². The summed E-state index contributed by atoms with van der Waals surface area (Å²) in [6.45, 7) is 0. The van der Waals surface area contributed by atoms with Crippen molar-refractivity contribution in [2.75, 3.05) is 0 Å². The van der Waals surface area contributed by atoms with Crippen LogP contribution in [0.2, 0.25) is 10.0 Å². The van der Waals surface area contributed by atoms with Crippen LogP contribution in [0.4, 0.5) is 0 Å². The first-order valence-electron chi connectivity index (χ1n) is 6.00. The van der Waals surface area contributed by atoms with Crippen LogP contribution in [-0.4, -0.2) is 11.2 Å². The van der Waals surface area contributed by atoms with Gasteiger partial charge in [-0.1, -0.05) is 29.6 Å². The predicted molar refractivity (Wildman–Crippen MR) is 67.8 cm³/mol. The van der Waals surface area contributed by atoms with E-state index in [0.717, 1.165) is 31.2 Å². The molecule has 3 rings (SSSR count). The Labute approximate surface area is 110 Å². The lowest BCUT2D eigenvalue weighted by atomic mass is 9.78. The molecule has 1 aliphatic carbocycles. The van der Waals surface area contributed by atoms with Crippen molar-refractivity contribution in [1.29, 1.82) is 0 Å². The highest BCUT2D eigenvalue weighted by Crippen LogP contribution is 2.47. The molecule has 0 spiro atoms. The summed E-state index contributed by atoms with van der Waals surface area (Å²) in [5, 5.41) is 11.5. The van der Waals surface area contributed by atoms with E-state index in [1.54, 1.807) is 12.1 Å². The maximum absolute atomic E-state index is 10.4. The molecule has 1 heterocycles. The van der Waals surface area contributed by atoms with Crippen LogP contribution in [0.3, 0.4) is 0 Å². The molecule has 0 unspecified atom stereocenters. The SMILES string of the molecule is O[C@H]1c2cc(Cl)cc(Cl)c2O[C@H]2CCCC[C@@H]21. The maximum Gasteiger partial charge on any atom is 0.144 e. The smallest absolute Gasteiger partial charge is 0.144 e. The van der Waals surface area contributed by atoms with E-state index in [-0.39, 0.29) is 12.0 Å². The zero-order valence-electron chi connectivity index (χ0n) is 9.33. The van der Waals surface area contributed by atoms with E-state index in [0.29, 0.717) is 15.8 Å². The first-order chi connectivity index (χ1) is 8.16. The van der Waals surface area contributed by atoms with Crippen LogP contribution in [-0.2, 0) is 0 Å². The summed E-state index contributed by atoms with van der Waals surface area (Å²) in [6, 6.07) is 3.43. The Morgan fingerprint density at radius 3 is 2.76 bits per heavy atom. The van der Waals surface area contributed by atoms with E-state index in [2.05, 4.69) is 0 Å². The van der Waals surface area contributed by atoms with Crippen molar-refractivity contribution < 1.29 is 9.84 Å². The molecule has 0 saturated heterocycles. The molecule has 1 aromatic carbocycles. The van der Waals surface area contributed by atoms with E-state index in [4.69, 9.17) is 27.9 Å². The monoisotopic (exact) mass is 272 g/mol. The summed E-state index contributed by atoms with van der Waals surface area (Å²) < 4.78 is 5.94. The Hall–Kier alpha value is -0.440. The Morgan fingerprint density at radius 2 is 1.94 bits per heavy atom. The molecule has 1 aliphatic heterocycles. The quantitative estimate of drug-likeness (QED) is 0.774. The Balaban J connectivity index is 2.05. The van der Waals surface area contributed by atoms with Gasteiger partial charge in [-0.2, -0.15) is 0 Å². The Bertz CT molecular complexity index is 447. The van der Waals surface area contributed by atoms with Crippen molar-refractivity contribution >= 4 is 23.2 Å². The second-order valence-corrected chi connectivity index (χ2v) is 5.70. The van der Waals surface area contributed by atoms with Gasteiger partial charge in [0.25, 0.3) is 0 Å². The van der Waals surface area contributed by atoms with Crippen molar-refractivity contribution in [3.63, 3.8) is 0 Å². The molecule has 2 aliphatic rings. The van der Waals surface area contributed by atoms with E-state index in [1.165, 1.54) is 0 Å². The minimum Gasteiger partial charge on any atom is -0.488 e. The van der Waals surface area contributed by atoms with Gasteiger partial charge in [-0.15, -0.1) is 0 Å². The van der Waals surface area contributed by atoms with Crippen molar-refractivity contribution in [2.24, 2.45) is 5.92 Å². The highest BCUT2D eigenvalue weighted by molar-refractivity contribution is 6.35. The van der Waals surface area contributed by atoms with Crippen LogP contribution in [0.1, 0.15) is 37.4 Å². The van der Waals surface area contributed by atoms with Gasteiger partial charge in [-0.05, 0) is 31.4 Å². The van der Waals surface area contributed by atoms with Gasteiger partial charge in [-0.3, -0.25) is 0 Å². The third-order valence-electron chi connectivity index (χ3n) is 3.78. The molecule has 1 N–H and O–H groups in total. The average molecular weight is 273 g/mol. The van der Waals surface area contributed by atoms with Gasteiger partial charge in [0.15, 0.2) is 0 Å². The molecule has 2 nitrogen and oxygen atoms in total. The van der Waals surface area contributed by atoms with Crippen molar-refractivity contribution in [3.05, 3.63) is 27.7 Å². The summed E-state index contributed by atoms with van der Waals surface area (Å²) in [6.07, 6.45) is 3.93. The first kappa shape index (κ1) is 11.6. The van der Waals surface area contributed by atoms with Gasteiger partial charge in [-0.25, -0.2) is 0 Å². The van der Waals surface area contributed by atoms with Gasteiger partial charge in [0.2, 0.25) is 0 Å². The van der Waals surface area contributed by atoms with E-state index in [1.807, 2.05) is 0 Å². The van der Waals surface area contributed by atoms with Crippen molar-refractivity contribution in [1.82, 2.24) is 0 Å². The van der Waals surface area contributed by atoms with Crippen LogP contribution in [0, 0.1) is 5.92 Å². The fraction of sp³-hybridized carbons (Fsp3) is 0.538. The molecule has 0 radical (unpaired) electrons. The maximum atomic E-state index is 10.4. The van der Waals surface area contributed by atoms with Gasteiger partial charge < -0.3 is 9.84 Å². The van der Waals surface area contributed by atoms with E-state index in [9.17, 15) is 5.11 Å². The van der Waals surface area contributed by atoms with Crippen LogP contribution in [0.25, 0.3) is 0 Å². The normalized spacial score (nSPS) is 31.4. The molecular formula is C13H14Cl2O2. The van der Waals surface area contributed by atoms with Crippen molar-refractivity contribution in [2.45, 2.75) is 37.9 Å². The number of ether oxygens (including phenoxy) is 1. The lowest BCUT2D eigenvalue weighted by Crippen LogP contribution is -2.38. The molecule has 1 saturated carbocycles. The van der Waals surface area contributed by atoms with E-state index >= 15 is 0 Å². The predicted octanol–water partition coefficient (Wildman–Crippen LogP) is 3.98. The minimum absolute atomic E-state index is 0.102. The summed E-state index contributed by atoms with van der Waals surface area (Å²) in [4.78, 5) is 0. The highest BCUT2D eigenvalue weighted by atomic mass is 35.5. The standard InChI is InChI=1S/C13H14Cl2O2/c14-7-5-9-12(16)8-3-1-2-4-11(8)17-13(9)10(15)6-7/h5-6,8,11-12,16H,1-4H2/t8-,11-,12+/m0/s1. The number of aliphatic hydroxyl groups is 1. The highest BCUT2D eigenvalue weighted by Gasteiger charge is 2.39. The zero-order chi connectivity index (χ0) is 12.0. The lowest BCUT2D eigenvalue weighted by molar-refractivity contribution is -0.0230. The molecule has 0 aromatic heterocycles. The Morgan fingerprint density at radius 1 is 1.18 bits per heavy atom. The Kier molecular flexibility index (Phi) is 2.97. The summed E-state index contributed by atoms with van der Waals surface area (Å²) >= 11 is 12.1.